The summed E-state index contributed by atoms with van der Waals surface area (Å²) >= 11 is 0. The fraction of sp³-hybridized carbons (Fsp3) is 0.353. The van der Waals surface area contributed by atoms with Gasteiger partial charge in [0.2, 0.25) is 0 Å². The van der Waals surface area contributed by atoms with E-state index in [1.807, 2.05) is 6.20 Å². The third kappa shape index (κ3) is 3.90. The Bertz CT molecular complexity index is 506. The third-order valence-electron chi connectivity index (χ3n) is 3.39. The smallest absolute Gasteiger partial charge is 0.0375 e. The van der Waals surface area contributed by atoms with Gasteiger partial charge in [-0.05, 0) is 57.2 Å². The van der Waals surface area contributed by atoms with Crippen molar-refractivity contribution in [3.05, 3.63) is 65.5 Å². The van der Waals surface area contributed by atoms with Gasteiger partial charge in [0, 0.05) is 17.8 Å². The van der Waals surface area contributed by atoms with Crippen LogP contribution < -0.4 is 0 Å². The molecule has 2 nitrogen and oxygen atoms in total. The molecule has 0 radical (unpaired) electrons. The largest absolute Gasteiger partial charge is 0.309 e. The summed E-state index contributed by atoms with van der Waals surface area (Å²) in [6.07, 6.45) is 3.04. The van der Waals surface area contributed by atoms with E-state index in [-0.39, 0.29) is 0 Å². The van der Waals surface area contributed by atoms with E-state index in [9.17, 15) is 0 Å². The summed E-state index contributed by atoms with van der Waals surface area (Å²) in [6.45, 7) is 3.14. The SMILES string of the molecule is Cc1cc(C(CCN(C)C)c2ccccc2)ccn1. The molecule has 0 aliphatic carbocycles. The van der Waals surface area contributed by atoms with Crippen molar-refractivity contribution >= 4 is 0 Å². The number of rotatable bonds is 5. The summed E-state index contributed by atoms with van der Waals surface area (Å²) in [4.78, 5) is 6.54. The molecule has 19 heavy (non-hydrogen) atoms. The summed E-state index contributed by atoms with van der Waals surface area (Å²) in [5.41, 5.74) is 3.83. The fourth-order valence-electron chi connectivity index (χ4n) is 2.38. The first-order valence-electron chi connectivity index (χ1n) is 6.79. The minimum absolute atomic E-state index is 0.449. The standard InChI is InChI=1S/C17H22N2/c1-14-13-16(9-11-18-14)17(10-12-19(2)3)15-7-5-4-6-8-15/h4-9,11,13,17H,10,12H2,1-3H3. The van der Waals surface area contributed by atoms with Crippen LogP contribution in [0.3, 0.4) is 0 Å². The summed E-state index contributed by atoms with van der Waals surface area (Å²) in [5, 5.41) is 0. The van der Waals surface area contributed by atoms with Crippen LogP contribution in [0.1, 0.15) is 29.2 Å². The minimum Gasteiger partial charge on any atom is -0.309 e. The summed E-state index contributed by atoms with van der Waals surface area (Å²) in [7, 11) is 4.25. The summed E-state index contributed by atoms with van der Waals surface area (Å²) < 4.78 is 0. The van der Waals surface area contributed by atoms with Gasteiger partial charge in [0.05, 0.1) is 0 Å². The highest BCUT2D eigenvalue weighted by Crippen LogP contribution is 2.28. The zero-order chi connectivity index (χ0) is 13.7. The number of pyridine rings is 1. The first kappa shape index (κ1) is 13.8. The molecule has 0 amide bonds. The van der Waals surface area contributed by atoms with Gasteiger partial charge in [0.15, 0.2) is 0 Å². The first-order chi connectivity index (χ1) is 9.16. The normalized spacial score (nSPS) is 12.6. The Hall–Kier alpha value is -1.67. The number of aryl methyl sites for hydroxylation is 1. The average Bonchev–Trinajstić information content (AvgIpc) is 2.40. The second-order valence-electron chi connectivity index (χ2n) is 5.29. The van der Waals surface area contributed by atoms with Gasteiger partial charge >= 0.3 is 0 Å². The number of nitrogens with zero attached hydrogens (tertiary/aromatic N) is 2. The van der Waals surface area contributed by atoms with E-state index >= 15 is 0 Å². The molecule has 1 unspecified atom stereocenters. The maximum atomic E-state index is 4.30. The molecule has 0 bridgehead atoms. The molecule has 0 spiro atoms. The van der Waals surface area contributed by atoms with E-state index in [1.165, 1.54) is 11.1 Å². The first-order valence-corrected chi connectivity index (χ1v) is 6.79. The molecule has 0 saturated heterocycles. The molecule has 0 aliphatic heterocycles. The summed E-state index contributed by atoms with van der Waals surface area (Å²) in [5.74, 6) is 0.449. The van der Waals surface area contributed by atoms with Gasteiger partial charge < -0.3 is 4.90 Å². The number of aromatic nitrogens is 1. The van der Waals surface area contributed by atoms with E-state index in [0.717, 1.165) is 18.7 Å². The number of hydrogen-bond donors (Lipinski definition) is 0. The Morgan fingerprint density at radius 1 is 1.05 bits per heavy atom. The number of hydrogen-bond acceptors (Lipinski definition) is 2. The third-order valence-corrected chi connectivity index (χ3v) is 3.39. The van der Waals surface area contributed by atoms with Crippen LogP contribution in [0, 0.1) is 6.92 Å². The fourth-order valence-corrected chi connectivity index (χ4v) is 2.38. The van der Waals surface area contributed by atoms with E-state index < -0.39 is 0 Å². The molecule has 1 aromatic heterocycles. The molecule has 2 rings (SSSR count). The molecule has 0 N–H and O–H groups in total. The van der Waals surface area contributed by atoms with Crippen LogP contribution in [0.2, 0.25) is 0 Å². The van der Waals surface area contributed by atoms with Crippen LogP contribution in [0.15, 0.2) is 48.7 Å². The van der Waals surface area contributed by atoms with Gasteiger partial charge in [0.1, 0.15) is 0 Å². The van der Waals surface area contributed by atoms with Crippen molar-refractivity contribution in [2.45, 2.75) is 19.3 Å². The molecular weight excluding hydrogens is 232 g/mol. The highest BCUT2D eigenvalue weighted by Gasteiger charge is 2.14. The Morgan fingerprint density at radius 2 is 1.79 bits per heavy atom. The zero-order valence-electron chi connectivity index (χ0n) is 12.0. The maximum absolute atomic E-state index is 4.30. The van der Waals surface area contributed by atoms with Crippen molar-refractivity contribution in [2.24, 2.45) is 0 Å². The predicted octanol–water partition coefficient (Wildman–Crippen LogP) is 3.47. The quantitative estimate of drug-likeness (QED) is 0.812. The minimum atomic E-state index is 0.449. The van der Waals surface area contributed by atoms with Gasteiger partial charge in [-0.1, -0.05) is 30.3 Å². The molecule has 0 saturated carbocycles. The van der Waals surface area contributed by atoms with E-state index in [0.29, 0.717) is 5.92 Å². The zero-order valence-corrected chi connectivity index (χ0v) is 12.0. The lowest BCUT2D eigenvalue weighted by atomic mass is 9.88. The highest BCUT2D eigenvalue weighted by atomic mass is 15.0. The second kappa shape index (κ2) is 6.48. The van der Waals surface area contributed by atoms with E-state index in [1.54, 1.807) is 0 Å². The molecule has 0 aliphatic rings. The van der Waals surface area contributed by atoms with Gasteiger partial charge in [-0.3, -0.25) is 4.98 Å². The van der Waals surface area contributed by atoms with Crippen LogP contribution >= 0.6 is 0 Å². The lowest BCUT2D eigenvalue weighted by molar-refractivity contribution is 0.390. The molecule has 1 atom stereocenters. The Labute approximate surface area is 116 Å². The Morgan fingerprint density at radius 3 is 2.42 bits per heavy atom. The molecular formula is C17H22N2. The van der Waals surface area contributed by atoms with Crippen LogP contribution in [-0.2, 0) is 0 Å². The van der Waals surface area contributed by atoms with Crippen LogP contribution in [0.4, 0.5) is 0 Å². The molecule has 1 heterocycles. The number of benzene rings is 1. The summed E-state index contributed by atoms with van der Waals surface area (Å²) in [6, 6.07) is 15.1. The monoisotopic (exact) mass is 254 g/mol. The maximum Gasteiger partial charge on any atom is 0.0375 e. The highest BCUT2D eigenvalue weighted by molar-refractivity contribution is 5.32. The van der Waals surface area contributed by atoms with Crippen molar-refractivity contribution in [1.82, 2.24) is 9.88 Å². The topological polar surface area (TPSA) is 16.1 Å². The van der Waals surface area contributed by atoms with Crippen molar-refractivity contribution in [2.75, 3.05) is 20.6 Å². The Kier molecular flexibility index (Phi) is 4.69. The van der Waals surface area contributed by atoms with E-state index in [4.69, 9.17) is 0 Å². The van der Waals surface area contributed by atoms with Crippen LogP contribution in [0.25, 0.3) is 0 Å². The molecule has 1 aromatic carbocycles. The van der Waals surface area contributed by atoms with Gasteiger partial charge in [-0.15, -0.1) is 0 Å². The van der Waals surface area contributed by atoms with Crippen molar-refractivity contribution in [3.8, 4) is 0 Å². The van der Waals surface area contributed by atoms with E-state index in [2.05, 4.69) is 73.4 Å². The lowest BCUT2D eigenvalue weighted by Crippen LogP contribution is -2.16. The molecule has 0 fully saturated rings. The Balaban J connectivity index is 2.29. The van der Waals surface area contributed by atoms with Crippen LogP contribution in [0.5, 0.6) is 0 Å². The van der Waals surface area contributed by atoms with Gasteiger partial charge in [-0.25, -0.2) is 0 Å². The second-order valence-corrected chi connectivity index (χ2v) is 5.29. The van der Waals surface area contributed by atoms with Crippen molar-refractivity contribution in [1.29, 1.82) is 0 Å². The van der Waals surface area contributed by atoms with Crippen molar-refractivity contribution in [3.63, 3.8) is 0 Å². The molecule has 2 heteroatoms. The average molecular weight is 254 g/mol. The van der Waals surface area contributed by atoms with Crippen molar-refractivity contribution < 1.29 is 0 Å². The molecule has 2 aromatic rings. The predicted molar refractivity (Wildman–Crippen MR) is 80.4 cm³/mol. The molecule has 100 valence electrons. The van der Waals surface area contributed by atoms with Crippen LogP contribution in [-0.4, -0.2) is 30.5 Å². The lowest BCUT2D eigenvalue weighted by Gasteiger charge is -2.20. The van der Waals surface area contributed by atoms with Gasteiger partial charge in [0.25, 0.3) is 0 Å². The van der Waals surface area contributed by atoms with Gasteiger partial charge in [-0.2, -0.15) is 0 Å².